The summed E-state index contributed by atoms with van der Waals surface area (Å²) in [5.74, 6) is -0.231. The van der Waals surface area contributed by atoms with Crippen molar-refractivity contribution in [3.63, 3.8) is 0 Å². The molecular weight excluding hydrogens is 286 g/mol. The van der Waals surface area contributed by atoms with Crippen LogP contribution in [-0.2, 0) is 9.53 Å². The predicted octanol–water partition coefficient (Wildman–Crippen LogP) is 1.86. The van der Waals surface area contributed by atoms with Crippen LogP contribution in [0.15, 0.2) is 6.07 Å². The first-order chi connectivity index (χ1) is 9.93. The Kier molecular flexibility index (Phi) is 4.77. The lowest BCUT2D eigenvalue weighted by Gasteiger charge is -2.27. The number of aromatic nitrogens is 1. The molecule has 0 radical (unpaired) electrons. The van der Waals surface area contributed by atoms with Crippen LogP contribution in [0.1, 0.15) is 36.7 Å². The average Bonchev–Trinajstić information content (AvgIpc) is 3.18. The Hall–Kier alpha value is -1.69. The zero-order chi connectivity index (χ0) is 15.6. The van der Waals surface area contributed by atoms with Crippen LogP contribution in [0, 0.1) is 13.8 Å². The molecule has 0 unspecified atom stereocenters. The molecule has 0 saturated heterocycles. The predicted molar refractivity (Wildman–Crippen MR) is 86.6 cm³/mol. The van der Waals surface area contributed by atoms with Crippen molar-refractivity contribution in [3.05, 3.63) is 23.0 Å². The Morgan fingerprint density at radius 3 is 2.71 bits per heavy atom. The summed E-state index contributed by atoms with van der Waals surface area (Å²) in [5.41, 5.74) is 9.19. The van der Waals surface area contributed by atoms with E-state index in [1.165, 1.54) is 0 Å². The Balaban J connectivity index is 2.40. The second kappa shape index (κ2) is 6.39. The van der Waals surface area contributed by atoms with Crippen LogP contribution in [-0.4, -0.2) is 35.1 Å². The van der Waals surface area contributed by atoms with Crippen LogP contribution in [0.2, 0.25) is 0 Å². The highest BCUT2D eigenvalue weighted by Crippen LogP contribution is 2.34. The van der Waals surface area contributed by atoms with Crippen LogP contribution in [0.5, 0.6) is 0 Å². The molecule has 0 bridgehead atoms. The van der Waals surface area contributed by atoms with Crippen LogP contribution >= 0.6 is 12.2 Å². The number of esters is 1. The molecule has 5 nitrogen and oxygen atoms in total. The highest BCUT2D eigenvalue weighted by molar-refractivity contribution is 7.80. The highest BCUT2D eigenvalue weighted by Gasteiger charge is 2.33. The lowest BCUT2D eigenvalue weighted by Crippen LogP contribution is -2.35. The molecule has 2 N–H and O–H groups in total. The molecular formula is C15H21N3O2S. The molecule has 0 atom stereocenters. The molecule has 1 aromatic heterocycles. The summed E-state index contributed by atoms with van der Waals surface area (Å²) in [7, 11) is 0. The second-order valence-electron chi connectivity index (χ2n) is 5.27. The van der Waals surface area contributed by atoms with Crippen molar-refractivity contribution in [2.45, 2.75) is 39.7 Å². The third-order valence-corrected chi connectivity index (χ3v) is 3.66. The van der Waals surface area contributed by atoms with E-state index in [9.17, 15) is 4.79 Å². The molecule has 0 aromatic carbocycles. The number of thiocarbonyl (C=S) groups is 1. The minimum Gasteiger partial charge on any atom is -0.465 e. The second-order valence-corrected chi connectivity index (χ2v) is 5.71. The number of carbonyl (C=O) groups excluding carboxylic acids is 1. The quantitative estimate of drug-likeness (QED) is 0.639. The maximum atomic E-state index is 11.9. The zero-order valence-electron chi connectivity index (χ0n) is 12.7. The Bertz CT molecular complexity index is 570. The van der Waals surface area contributed by atoms with Gasteiger partial charge in [0.25, 0.3) is 0 Å². The fourth-order valence-electron chi connectivity index (χ4n) is 2.48. The number of rotatable bonds is 6. The van der Waals surface area contributed by atoms with Crippen molar-refractivity contribution in [1.82, 2.24) is 4.98 Å². The normalized spacial score (nSPS) is 13.9. The number of carbonyl (C=O) groups is 1. The van der Waals surface area contributed by atoms with E-state index < -0.39 is 0 Å². The number of ether oxygens (including phenoxy) is 1. The van der Waals surface area contributed by atoms with E-state index in [4.69, 9.17) is 22.7 Å². The van der Waals surface area contributed by atoms with Crippen LogP contribution in [0.4, 0.5) is 5.69 Å². The average molecular weight is 307 g/mol. The number of nitrogens with two attached hydrogens (primary N) is 1. The summed E-state index contributed by atoms with van der Waals surface area (Å²) in [6, 6.07) is 2.29. The maximum absolute atomic E-state index is 11.9. The van der Waals surface area contributed by atoms with Gasteiger partial charge in [0.1, 0.15) is 11.5 Å². The molecule has 1 aliphatic rings. The minimum absolute atomic E-state index is 0.219. The highest BCUT2D eigenvalue weighted by atomic mass is 32.1. The number of anilines is 1. The van der Waals surface area contributed by atoms with E-state index in [1.54, 1.807) is 6.92 Å². The largest absolute Gasteiger partial charge is 0.465 e. The number of hydrogen-bond acceptors (Lipinski definition) is 5. The topological polar surface area (TPSA) is 68.5 Å². The summed E-state index contributed by atoms with van der Waals surface area (Å²) < 4.78 is 5.07. The summed E-state index contributed by atoms with van der Waals surface area (Å²) in [6.07, 6.45) is 2.13. The van der Waals surface area contributed by atoms with E-state index in [2.05, 4.69) is 4.98 Å². The van der Waals surface area contributed by atoms with Crippen molar-refractivity contribution in [2.75, 3.05) is 18.1 Å². The third kappa shape index (κ3) is 3.69. The lowest BCUT2D eigenvalue weighted by molar-refractivity contribution is -0.141. The van der Waals surface area contributed by atoms with Crippen LogP contribution in [0.3, 0.4) is 0 Å². The summed E-state index contributed by atoms with van der Waals surface area (Å²) >= 11 is 5.17. The summed E-state index contributed by atoms with van der Waals surface area (Å²) in [4.78, 5) is 18.6. The third-order valence-electron chi connectivity index (χ3n) is 3.46. The van der Waals surface area contributed by atoms with Gasteiger partial charge in [-0.05, 0) is 39.7 Å². The van der Waals surface area contributed by atoms with E-state index in [0.717, 1.165) is 35.5 Å². The molecule has 1 saturated carbocycles. The first kappa shape index (κ1) is 15.7. The van der Waals surface area contributed by atoms with Gasteiger partial charge >= 0.3 is 5.97 Å². The zero-order valence-corrected chi connectivity index (χ0v) is 13.5. The van der Waals surface area contributed by atoms with Crippen molar-refractivity contribution in [2.24, 2.45) is 5.73 Å². The molecule has 1 heterocycles. The Morgan fingerprint density at radius 2 is 2.19 bits per heavy atom. The molecule has 114 valence electrons. The Labute approximate surface area is 130 Å². The van der Waals surface area contributed by atoms with Crippen molar-refractivity contribution in [1.29, 1.82) is 0 Å². The molecule has 0 amide bonds. The van der Waals surface area contributed by atoms with Gasteiger partial charge in [-0.2, -0.15) is 0 Å². The lowest BCUT2D eigenvalue weighted by atomic mass is 10.1. The van der Waals surface area contributed by atoms with Crippen molar-refractivity contribution in [3.8, 4) is 0 Å². The smallest absolute Gasteiger partial charge is 0.325 e. The van der Waals surface area contributed by atoms with Crippen molar-refractivity contribution < 1.29 is 9.53 Å². The van der Waals surface area contributed by atoms with E-state index in [1.807, 2.05) is 24.8 Å². The standard InChI is InChI=1S/C15H21N3O2S/c1-4-20-13(19)8-18(11-5-6-11)12-7-9(2)17-10(3)14(12)15(16)21/h7,11H,4-6,8H2,1-3H3,(H2,16,21). The first-order valence-corrected chi connectivity index (χ1v) is 7.55. The van der Waals surface area contributed by atoms with Gasteiger partial charge in [0.2, 0.25) is 0 Å². The molecule has 1 aromatic rings. The number of pyridine rings is 1. The SMILES string of the molecule is CCOC(=O)CN(c1cc(C)nc(C)c1C(N)=S)C1CC1. The van der Waals surface area contributed by atoms with Gasteiger partial charge in [0, 0.05) is 17.4 Å². The fourth-order valence-corrected chi connectivity index (χ4v) is 2.73. The maximum Gasteiger partial charge on any atom is 0.325 e. The van der Waals surface area contributed by atoms with E-state index >= 15 is 0 Å². The molecule has 1 fully saturated rings. The molecule has 2 rings (SSSR count). The van der Waals surface area contributed by atoms with Gasteiger partial charge in [0.15, 0.2) is 0 Å². The molecule has 0 aliphatic heterocycles. The van der Waals surface area contributed by atoms with Gasteiger partial charge in [0.05, 0.1) is 17.9 Å². The van der Waals surface area contributed by atoms with Crippen LogP contribution < -0.4 is 10.6 Å². The van der Waals surface area contributed by atoms with E-state index in [0.29, 0.717) is 17.6 Å². The molecule has 1 aliphatic carbocycles. The fraction of sp³-hybridized carbons (Fsp3) is 0.533. The summed E-state index contributed by atoms with van der Waals surface area (Å²) in [5, 5.41) is 0. The molecule has 6 heteroatoms. The number of hydrogen-bond donors (Lipinski definition) is 1. The monoisotopic (exact) mass is 307 g/mol. The van der Waals surface area contributed by atoms with Gasteiger partial charge in [-0.1, -0.05) is 12.2 Å². The van der Waals surface area contributed by atoms with E-state index in [-0.39, 0.29) is 12.5 Å². The number of aryl methyl sites for hydroxylation is 2. The van der Waals surface area contributed by atoms with Gasteiger partial charge < -0.3 is 15.4 Å². The van der Waals surface area contributed by atoms with Gasteiger partial charge in [-0.25, -0.2) is 0 Å². The van der Waals surface area contributed by atoms with Gasteiger partial charge in [-0.15, -0.1) is 0 Å². The Morgan fingerprint density at radius 1 is 1.52 bits per heavy atom. The summed E-state index contributed by atoms with van der Waals surface area (Å²) in [6.45, 7) is 6.22. The van der Waals surface area contributed by atoms with Crippen LogP contribution in [0.25, 0.3) is 0 Å². The first-order valence-electron chi connectivity index (χ1n) is 7.14. The molecule has 0 spiro atoms. The molecule has 21 heavy (non-hydrogen) atoms. The number of nitrogens with zero attached hydrogens (tertiary/aromatic N) is 2. The van der Waals surface area contributed by atoms with Crippen molar-refractivity contribution >= 4 is 28.9 Å². The van der Waals surface area contributed by atoms with Gasteiger partial charge in [-0.3, -0.25) is 9.78 Å². The minimum atomic E-state index is -0.231.